The summed E-state index contributed by atoms with van der Waals surface area (Å²) < 4.78 is 0. The fraction of sp³-hybridized carbons (Fsp3) is 0.533. The summed E-state index contributed by atoms with van der Waals surface area (Å²) in [6.07, 6.45) is 2.84. The third-order valence-electron chi connectivity index (χ3n) is 3.26. The van der Waals surface area contributed by atoms with E-state index in [2.05, 4.69) is 19.1 Å². The molecule has 0 heterocycles. The molecular formula is C15H23NO2. The zero-order chi connectivity index (χ0) is 13.5. The Balaban J connectivity index is 2.77. The van der Waals surface area contributed by atoms with E-state index in [-0.39, 0.29) is 18.4 Å². The highest BCUT2D eigenvalue weighted by Crippen LogP contribution is 2.18. The highest BCUT2D eigenvalue weighted by molar-refractivity contribution is 5.94. The molecule has 0 aromatic heterocycles. The van der Waals surface area contributed by atoms with Crippen molar-refractivity contribution < 1.29 is 9.90 Å². The van der Waals surface area contributed by atoms with Crippen LogP contribution >= 0.6 is 0 Å². The Morgan fingerprint density at radius 3 is 2.33 bits per heavy atom. The van der Waals surface area contributed by atoms with Gasteiger partial charge in [-0.3, -0.25) is 4.79 Å². The van der Waals surface area contributed by atoms with Crippen LogP contribution in [-0.4, -0.2) is 24.7 Å². The van der Waals surface area contributed by atoms with Crippen molar-refractivity contribution in [2.24, 2.45) is 5.92 Å². The highest BCUT2D eigenvalue weighted by Gasteiger charge is 2.20. The molecule has 1 amide bonds. The van der Waals surface area contributed by atoms with Gasteiger partial charge in [0.25, 0.3) is 0 Å². The summed E-state index contributed by atoms with van der Waals surface area (Å²) in [5.74, 6) is -0.325. The minimum absolute atomic E-state index is 0.0248. The Bertz CT molecular complexity index is 369. The van der Waals surface area contributed by atoms with Crippen LogP contribution in [0.3, 0.4) is 0 Å². The number of hydrogen-bond acceptors (Lipinski definition) is 2. The van der Waals surface area contributed by atoms with Crippen molar-refractivity contribution in [1.82, 2.24) is 0 Å². The summed E-state index contributed by atoms with van der Waals surface area (Å²) in [5.41, 5.74) is 2.17. The van der Waals surface area contributed by atoms with Crippen LogP contribution in [0.25, 0.3) is 0 Å². The largest absolute Gasteiger partial charge is 0.396 e. The fourth-order valence-corrected chi connectivity index (χ4v) is 1.96. The first-order valence-corrected chi connectivity index (χ1v) is 6.61. The molecule has 1 N–H and O–H groups in total. The molecule has 0 aliphatic heterocycles. The van der Waals surface area contributed by atoms with Crippen molar-refractivity contribution >= 4 is 11.6 Å². The van der Waals surface area contributed by atoms with Crippen LogP contribution in [0.5, 0.6) is 0 Å². The molecule has 3 heteroatoms. The van der Waals surface area contributed by atoms with Gasteiger partial charge in [-0.05, 0) is 30.5 Å². The third kappa shape index (κ3) is 3.57. The van der Waals surface area contributed by atoms with Crippen molar-refractivity contribution in [3.8, 4) is 0 Å². The minimum atomic E-state index is -0.301. The molecule has 0 fully saturated rings. The monoisotopic (exact) mass is 249 g/mol. The van der Waals surface area contributed by atoms with Gasteiger partial charge in [0.2, 0.25) is 5.91 Å². The van der Waals surface area contributed by atoms with Crippen molar-refractivity contribution in [2.75, 3.05) is 18.6 Å². The van der Waals surface area contributed by atoms with Crippen molar-refractivity contribution in [2.45, 2.75) is 33.1 Å². The first-order valence-electron chi connectivity index (χ1n) is 6.61. The van der Waals surface area contributed by atoms with Crippen LogP contribution in [-0.2, 0) is 11.2 Å². The molecule has 0 saturated carbocycles. The second-order valence-electron chi connectivity index (χ2n) is 4.60. The van der Waals surface area contributed by atoms with Gasteiger partial charge in [0.1, 0.15) is 0 Å². The number of aryl methyl sites for hydroxylation is 1. The number of carbonyl (C=O) groups is 1. The molecule has 0 aliphatic rings. The maximum absolute atomic E-state index is 12.1. The van der Waals surface area contributed by atoms with E-state index in [9.17, 15) is 4.79 Å². The Morgan fingerprint density at radius 2 is 1.89 bits per heavy atom. The normalized spacial score (nSPS) is 12.2. The number of aliphatic hydroxyl groups excluding tert-OH is 1. The van der Waals surface area contributed by atoms with Crippen LogP contribution in [0.1, 0.15) is 32.3 Å². The van der Waals surface area contributed by atoms with E-state index < -0.39 is 0 Å². The number of carbonyl (C=O) groups excluding carboxylic acids is 1. The third-order valence-corrected chi connectivity index (χ3v) is 3.26. The summed E-state index contributed by atoms with van der Waals surface area (Å²) >= 11 is 0. The molecule has 3 nitrogen and oxygen atoms in total. The predicted octanol–water partition coefficient (Wildman–Crippen LogP) is 2.62. The molecule has 1 aromatic rings. The van der Waals surface area contributed by atoms with E-state index in [1.807, 2.05) is 19.1 Å². The van der Waals surface area contributed by atoms with E-state index in [1.165, 1.54) is 5.56 Å². The number of rotatable bonds is 6. The Kier molecular flexibility index (Phi) is 5.86. The second kappa shape index (κ2) is 7.17. The zero-order valence-corrected chi connectivity index (χ0v) is 11.5. The number of aliphatic hydroxyl groups is 1. The van der Waals surface area contributed by atoms with E-state index in [1.54, 1.807) is 11.9 Å². The summed E-state index contributed by atoms with van der Waals surface area (Å²) in [6.45, 7) is 3.97. The summed E-state index contributed by atoms with van der Waals surface area (Å²) in [4.78, 5) is 13.7. The molecule has 1 unspecified atom stereocenters. The highest BCUT2D eigenvalue weighted by atomic mass is 16.3. The summed E-state index contributed by atoms with van der Waals surface area (Å²) in [7, 11) is 1.76. The Labute approximate surface area is 109 Å². The number of anilines is 1. The molecule has 0 saturated heterocycles. The maximum Gasteiger partial charge on any atom is 0.232 e. The molecule has 0 radical (unpaired) electrons. The molecule has 1 rings (SSSR count). The minimum Gasteiger partial charge on any atom is -0.396 e. The quantitative estimate of drug-likeness (QED) is 0.842. The lowest BCUT2D eigenvalue weighted by atomic mass is 10.1. The molecule has 18 heavy (non-hydrogen) atoms. The van der Waals surface area contributed by atoms with Gasteiger partial charge < -0.3 is 10.0 Å². The summed E-state index contributed by atoms with van der Waals surface area (Å²) in [6, 6.07) is 8.05. The number of amides is 1. The first kappa shape index (κ1) is 14.7. The lowest BCUT2D eigenvalue weighted by Gasteiger charge is -2.22. The van der Waals surface area contributed by atoms with Crippen LogP contribution in [0.4, 0.5) is 5.69 Å². The van der Waals surface area contributed by atoms with Crippen molar-refractivity contribution in [3.05, 3.63) is 29.8 Å². The van der Waals surface area contributed by atoms with Gasteiger partial charge in [0, 0.05) is 12.7 Å². The first-order chi connectivity index (χ1) is 8.63. The average Bonchev–Trinajstić information content (AvgIpc) is 2.40. The second-order valence-corrected chi connectivity index (χ2v) is 4.60. The molecule has 1 atom stereocenters. The van der Waals surface area contributed by atoms with Crippen LogP contribution < -0.4 is 4.90 Å². The molecule has 100 valence electrons. The number of benzene rings is 1. The fourth-order valence-electron chi connectivity index (χ4n) is 1.96. The number of nitrogens with zero attached hydrogens (tertiary/aromatic N) is 1. The van der Waals surface area contributed by atoms with E-state index in [0.717, 1.165) is 18.5 Å². The lowest BCUT2D eigenvalue weighted by Crippen LogP contribution is -2.34. The molecule has 0 aliphatic carbocycles. The zero-order valence-electron chi connectivity index (χ0n) is 11.5. The molecule has 1 aromatic carbocycles. The SMILES string of the molecule is CCCc1ccc(N(C)C(=O)C(CC)CO)cc1. The Hall–Kier alpha value is -1.35. The van der Waals surface area contributed by atoms with Crippen molar-refractivity contribution in [3.63, 3.8) is 0 Å². The smallest absolute Gasteiger partial charge is 0.232 e. The predicted molar refractivity (Wildman–Crippen MR) is 74.7 cm³/mol. The van der Waals surface area contributed by atoms with Gasteiger partial charge in [-0.25, -0.2) is 0 Å². The van der Waals surface area contributed by atoms with Crippen molar-refractivity contribution in [1.29, 1.82) is 0 Å². The molecule has 0 bridgehead atoms. The average molecular weight is 249 g/mol. The van der Waals surface area contributed by atoms with Gasteiger partial charge in [0.05, 0.1) is 12.5 Å². The standard InChI is InChI=1S/C15H23NO2/c1-4-6-12-7-9-14(10-8-12)16(3)15(18)13(5-2)11-17/h7-10,13,17H,4-6,11H2,1-3H3. The van der Waals surface area contributed by atoms with E-state index in [4.69, 9.17) is 5.11 Å². The topological polar surface area (TPSA) is 40.5 Å². The van der Waals surface area contributed by atoms with Gasteiger partial charge in [0.15, 0.2) is 0 Å². The van der Waals surface area contributed by atoms with Gasteiger partial charge in [-0.2, -0.15) is 0 Å². The van der Waals surface area contributed by atoms with Gasteiger partial charge >= 0.3 is 0 Å². The summed E-state index contributed by atoms with van der Waals surface area (Å²) in [5, 5.41) is 9.16. The molecular weight excluding hydrogens is 226 g/mol. The van der Waals surface area contributed by atoms with E-state index in [0.29, 0.717) is 6.42 Å². The molecule has 0 spiro atoms. The van der Waals surface area contributed by atoms with Crippen LogP contribution in [0, 0.1) is 5.92 Å². The van der Waals surface area contributed by atoms with Crippen LogP contribution in [0.15, 0.2) is 24.3 Å². The maximum atomic E-state index is 12.1. The van der Waals surface area contributed by atoms with Gasteiger partial charge in [-0.15, -0.1) is 0 Å². The Morgan fingerprint density at radius 1 is 1.28 bits per heavy atom. The van der Waals surface area contributed by atoms with Gasteiger partial charge in [-0.1, -0.05) is 32.4 Å². The van der Waals surface area contributed by atoms with Crippen LogP contribution in [0.2, 0.25) is 0 Å². The van der Waals surface area contributed by atoms with E-state index >= 15 is 0 Å². The number of hydrogen-bond donors (Lipinski definition) is 1. The lowest BCUT2D eigenvalue weighted by molar-refractivity contribution is -0.123.